The number of para-hydroxylation sites is 1. The second-order valence-electron chi connectivity index (χ2n) is 6.76. The zero-order valence-electron chi connectivity index (χ0n) is 13.3. The van der Waals surface area contributed by atoms with Crippen LogP contribution in [0.4, 0.5) is 0 Å². The second kappa shape index (κ2) is 6.48. The van der Waals surface area contributed by atoms with Crippen molar-refractivity contribution >= 4 is 5.91 Å². The molecule has 0 spiro atoms. The number of rotatable bonds is 4. The molecule has 1 aromatic rings. The van der Waals surface area contributed by atoms with Crippen molar-refractivity contribution in [2.75, 3.05) is 26.2 Å². The lowest BCUT2D eigenvalue weighted by atomic mass is 9.86. The highest BCUT2D eigenvalue weighted by molar-refractivity contribution is 5.78. The van der Waals surface area contributed by atoms with Gasteiger partial charge in [-0.2, -0.15) is 0 Å². The predicted molar refractivity (Wildman–Crippen MR) is 84.4 cm³/mol. The van der Waals surface area contributed by atoms with Gasteiger partial charge in [0.25, 0.3) is 5.91 Å². The van der Waals surface area contributed by atoms with Crippen LogP contribution in [0, 0.1) is 5.92 Å². The van der Waals surface area contributed by atoms with E-state index in [-0.39, 0.29) is 17.9 Å². The lowest BCUT2D eigenvalue weighted by Gasteiger charge is -2.23. The highest BCUT2D eigenvalue weighted by atomic mass is 16.5. The van der Waals surface area contributed by atoms with Gasteiger partial charge in [-0.25, -0.2) is 0 Å². The number of benzene rings is 1. The Hall–Kier alpha value is -1.55. The van der Waals surface area contributed by atoms with Gasteiger partial charge in [0.05, 0.1) is 0 Å². The van der Waals surface area contributed by atoms with Crippen LogP contribution in [0.25, 0.3) is 0 Å². The van der Waals surface area contributed by atoms with E-state index in [0.717, 1.165) is 30.8 Å². The van der Waals surface area contributed by atoms with E-state index >= 15 is 0 Å². The molecular formula is C17H26N2O2. The molecule has 116 valence electrons. The van der Waals surface area contributed by atoms with Gasteiger partial charge in [0.15, 0.2) is 6.61 Å². The molecule has 0 saturated carbocycles. The number of likely N-dealkylation sites (tertiary alicyclic amines) is 1. The lowest BCUT2D eigenvalue weighted by molar-refractivity contribution is -0.132. The van der Waals surface area contributed by atoms with Gasteiger partial charge in [-0.1, -0.05) is 39.0 Å². The number of hydrogen-bond acceptors (Lipinski definition) is 3. The predicted octanol–water partition coefficient (Wildman–Crippen LogP) is 2.17. The summed E-state index contributed by atoms with van der Waals surface area (Å²) >= 11 is 0. The van der Waals surface area contributed by atoms with Gasteiger partial charge in [0.1, 0.15) is 5.75 Å². The van der Waals surface area contributed by atoms with Crippen LogP contribution in [-0.4, -0.2) is 37.0 Å². The van der Waals surface area contributed by atoms with Crippen LogP contribution < -0.4 is 10.5 Å². The molecule has 0 radical (unpaired) electrons. The maximum absolute atomic E-state index is 12.2. The van der Waals surface area contributed by atoms with E-state index in [1.54, 1.807) is 0 Å². The lowest BCUT2D eigenvalue weighted by Crippen LogP contribution is -2.34. The first-order valence-corrected chi connectivity index (χ1v) is 7.62. The van der Waals surface area contributed by atoms with E-state index in [4.69, 9.17) is 10.5 Å². The molecule has 1 aromatic carbocycles. The maximum Gasteiger partial charge on any atom is 0.260 e. The molecule has 0 unspecified atom stereocenters. The summed E-state index contributed by atoms with van der Waals surface area (Å²) in [5.74, 6) is 1.29. The summed E-state index contributed by atoms with van der Waals surface area (Å²) in [4.78, 5) is 14.1. The molecule has 4 nitrogen and oxygen atoms in total. The Kier molecular flexibility index (Phi) is 4.88. The van der Waals surface area contributed by atoms with E-state index in [0.29, 0.717) is 12.5 Å². The van der Waals surface area contributed by atoms with Crippen LogP contribution in [0.15, 0.2) is 24.3 Å². The Labute approximate surface area is 127 Å². The number of carbonyl (C=O) groups is 1. The van der Waals surface area contributed by atoms with Gasteiger partial charge in [-0.05, 0) is 35.9 Å². The van der Waals surface area contributed by atoms with Crippen molar-refractivity contribution < 1.29 is 9.53 Å². The van der Waals surface area contributed by atoms with Crippen LogP contribution in [0.1, 0.15) is 32.8 Å². The Morgan fingerprint density at radius 1 is 1.38 bits per heavy atom. The molecule has 1 atom stereocenters. The summed E-state index contributed by atoms with van der Waals surface area (Å²) in [6, 6.07) is 7.93. The number of carbonyl (C=O) groups excluding carboxylic acids is 1. The molecule has 2 rings (SSSR count). The third-order valence-electron chi connectivity index (χ3n) is 4.02. The third kappa shape index (κ3) is 3.97. The summed E-state index contributed by atoms with van der Waals surface area (Å²) in [5.41, 5.74) is 6.78. The molecule has 0 bridgehead atoms. The molecule has 2 N–H and O–H groups in total. The number of nitrogens with two attached hydrogens (primary N) is 1. The number of hydrogen-bond donors (Lipinski definition) is 1. The largest absolute Gasteiger partial charge is 0.483 e. The molecule has 0 aliphatic carbocycles. The summed E-state index contributed by atoms with van der Waals surface area (Å²) in [6.45, 7) is 8.74. The quantitative estimate of drug-likeness (QED) is 0.924. The van der Waals surface area contributed by atoms with Crippen molar-refractivity contribution in [1.82, 2.24) is 4.90 Å². The number of ether oxygens (including phenoxy) is 1. The average Bonchev–Trinajstić information content (AvgIpc) is 2.93. The smallest absolute Gasteiger partial charge is 0.260 e. The van der Waals surface area contributed by atoms with Crippen LogP contribution >= 0.6 is 0 Å². The average molecular weight is 290 g/mol. The van der Waals surface area contributed by atoms with E-state index in [1.807, 2.05) is 23.1 Å². The Bertz CT molecular complexity index is 494. The third-order valence-corrected chi connectivity index (χ3v) is 4.02. The zero-order chi connectivity index (χ0) is 15.5. The molecule has 1 aliphatic heterocycles. The van der Waals surface area contributed by atoms with Crippen LogP contribution in [-0.2, 0) is 10.2 Å². The summed E-state index contributed by atoms with van der Waals surface area (Å²) in [5, 5.41) is 0. The first-order chi connectivity index (χ1) is 9.91. The first kappa shape index (κ1) is 15.8. The second-order valence-corrected chi connectivity index (χ2v) is 6.76. The fourth-order valence-electron chi connectivity index (χ4n) is 2.69. The van der Waals surface area contributed by atoms with Gasteiger partial charge in [-0.15, -0.1) is 0 Å². The van der Waals surface area contributed by atoms with Gasteiger partial charge in [0, 0.05) is 13.1 Å². The van der Waals surface area contributed by atoms with E-state index < -0.39 is 0 Å². The molecule has 1 aliphatic rings. The van der Waals surface area contributed by atoms with Crippen LogP contribution in [0.2, 0.25) is 0 Å². The van der Waals surface area contributed by atoms with Crippen molar-refractivity contribution in [2.24, 2.45) is 11.7 Å². The highest BCUT2D eigenvalue weighted by Gasteiger charge is 2.26. The fourth-order valence-corrected chi connectivity index (χ4v) is 2.69. The summed E-state index contributed by atoms with van der Waals surface area (Å²) in [7, 11) is 0. The van der Waals surface area contributed by atoms with Gasteiger partial charge >= 0.3 is 0 Å². The van der Waals surface area contributed by atoms with Crippen molar-refractivity contribution in [3.05, 3.63) is 29.8 Å². The molecule has 0 aromatic heterocycles. The summed E-state index contributed by atoms with van der Waals surface area (Å²) in [6.07, 6.45) is 1.00. The normalized spacial score (nSPS) is 18.9. The molecule has 1 fully saturated rings. The van der Waals surface area contributed by atoms with Crippen LogP contribution in [0.3, 0.4) is 0 Å². The topological polar surface area (TPSA) is 55.6 Å². The molecule has 1 saturated heterocycles. The maximum atomic E-state index is 12.2. The monoisotopic (exact) mass is 290 g/mol. The SMILES string of the molecule is CC(C)(C)c1ccccc1OCC(=O)N1CC[C@@H](CN)C1. The minimum absolute atomic E-state index is 0.00205. The molecule has 1 amide bonds. The van der Waals surface area contributed by atoms with Gasteiger partial charge in [-0.3, -0.25) is 4.79 Å². The molecular weight excluding hydrogens is 264 g/mol. The minimum Gasteiger partial charge on any atom is -0.483 e. The van der Waals surface area contributed by atoms with Crippen LogP contribution in [0.5, 0.6) is 5.75 Å². The standard InChI is InChI=1S/C17H26N2O2/c1-17(2,3)14-6-4-5-7-15(14)21-12-16(20)19-9-8-13(10-18)11-19/h4-7,13H,8-12,18H2,1-3H3/t13-/m0/s1. The Morgan fingerprint density at radius 3 is 2.71 bits per heavy atom. The molecule has 21 heavy (non-hydrogen) atoms. The molecule has 1 heterocycles. The zero-order valence-corrected chi connectivity index (χ0v) is 13.3. The van der Waals surface area contributed by atoms with Gasteiger partial charge in [0.2, 0.25) is 0 Å². The first-order valence-electron chi connectivity index (χ1n) is 7.62. The number of nitrogens with zero attached hydrogens (tertiary/aromatic N) is 1. The highest BCUT2D eigenvalue weighted by Crippen LogP contribution is 2.31. The number of amides is 1. The van der Waals surface area contributed by atoms with Crippen molar-refractivity contribution in [3.63, 3.8) is 0 Å². The van der Waals surface area contributed by atoms with Crippen molar-refractivity contribution in [3.8, 4) is 5.75 Å². The van der Waals surface area contributed by atoms with E-state index in [1.165, 1.54) is 0 Å². The fraction of sp³-hybridized carbons (Fsp3) is 0.588. The summed E-state index contributed by atoms with van der Waals surface area (Å²) < 4.78 is 5.78. The van der Waals surface area contributed by atoms with Gasteiger partial charge < -0.3 is 15.4 Å². The van der Waals surface area contributed by atoms with E-state index in [9.17, 15) is 4.79 Å². The van der Waals surface area contributed by atoms with Crippen molar-refractivity contribution in [1.29, 1.82) is 0 Å². The van der Waals surface area contributed by atoms with E-state index in [2.05, 4.69) is 26.8 Å². The Morgan fingerprint density at radius 2 is 2.10 bits per heavy atom. The molecule has 4 heteroatoms. The van der Waals surface area contributed by atoms with Crippen molar-refractivity contribution in [2.45, 2.75) is 32.6 Å². The minimum atomic E-state index is -0.00205. The Balaban J connectivity index is 1.96.